The van der Waals surface area contributed by atoms with Gasteiger partial charge in [0.15, 0.2) is 11.5 Å². The Bertz CT molecular complexity index is 1550. The van der Waals surface area contributed by atoms with Gasteiger partial charge in [0.1, 0.15) is 13.2 Å². The molecule has 0 spiro atoms. The predicted molar refractivity (Wildman–Crippen MR) is 149 cm³/mol. The molecule has 0 atom stereocenters. The predicted octanol–water partition coefficient (Wildman–Crippen LogP) is 6.10. The molecule has 5 rings (SSSR count). The van der Waals surface area contributed by atoms with E-state index < -0.39 is 17.1 Å². The van der Waals surface area contributed by atoms with Crippen LogP contribution >= 0.6 is 11.8 Å². The summed E-state index contributed by atoms with van der Waals surface area (Å²) in [7, 11) is 1.54. The van der Waals surface area contributed by atoms with Gasteiger partial charge in [-0.05, 0) is 64.0 Å². The Labute approximate surface area is 224 Å². The number of hydrogen-bond donors (Lipinski definition) is 1. The largest absolute Gasteiger partial charge is 0.493 e. The molecule has 38 heavy (non-hydrogen) atoms. The van der Waals surface area contributed by atoms with E-state index in [1.54, 1.807) is 55.7 Å². The van der Waals surface area contributed by atoms with Crippen LogP contribution in [0.4, 0.5) is 10.5 Å². The summed E-state index contributed by atoms with van der Waals surface area (Å²) in [5.41, 5.74) is 2.31. The standard InChI is InChI=1S/C30H24N2O5S/c1-36-26-16-20(14-15-25(26)37-19-22-10-7-9-21-8-5-6-13-24(21)22)17-27-29(34)32(30(35)38-27)18-28(33)31-23-11-3-2-4-12-23/h2-17H,18-19H2,1H3,(H,31,33)/b27-17-. The number of amides is 3. The van der Waals surface area contributed by atoms with E-state index in [-0.39, 0.29) is 11.4 Å². The summed E-state index contributed by atoms with van der Waals surface area (Å²) in [5.74, 6) is 0.0938. The number of imide groups is 1. The molecule has 1 fully saturated rings. The second kappa shape index (κ2) is 11.2. The number of ether oxygens (including phenoxy) is 2. The number of carbonyl (C=O) groups is 3. The highest BCUT2D eigenvalue weighted by atomic mass is 32.2. The highest BCUT2D eigenvalue weighted by Crippen LogP contribution is 2.35. The normalized spacial score (nSPS) is 14.2. The van der Waals surface area contributed by atoms with Crippen molar-refractivity contribution in [1.29, 1.82) is 0 Å². The van der Waals surface area contributed by atoms with Crippen LogP contribution < -0.4 is 14.8 Å². The summed E-state index contributed by atoms with van der Waals surface area (Å²) in [6.07, 6.45) is 1.61. The van der Waals surface area contributed by atoms with Crippen molar-refractivity contribution in [2.45, 2.75) is 6.61 Å². The zero-order valence-corrected chi connectivity index (χ0v) is 21.4. The van der Waals surface area contributed by atoms with Crippen LogP contribution in [-0.4, -0.2) is 35.6 Å². The Balaban J connectivity index is 1.27. The number of hydrogen-bond acceptors (Lipinski definition) is 6. The minimum atomic E-state index is -0.515. The quantitative estimate of drug-likeness (QED) is 0.280. The first kappa shape index (κ1) is 25.1. The van der Waals surface area contributed by atoms with E-state index in [1.807, 2.05) is 30.3 Å². The van der Waals surface area contributed by atoms with Crippen LogP contribution in [0, 0.1) is 0 Å². The van der Waals surface area contributed by atoms with Crippen molar-refractivity contribution < 1.29 is 23.9 Å². The first-order chi connectivity index (χ1) is 18.5. The average molecular weight is 525 g/mol. The van der Waals surface area contributed by atoms with Crippen molar-refractivity contribution in [1.82, 2.24) is 4.90 Å². The van der Waals surface area contributed by atoms with Gasteiger partial charge in [0.05, 0.1) is 12.0 Å². The van der Waals surface area contributed by atoms with Crippen molar-refractivity contribution in [3.63, 3.8) is 0 Å². The minimum absolute atomic E-state index is 0.231. The minimum Gasteiger partial charge on any atom is -0.493 e. The summed E-state index contributed by atoms with van der Waals surface area (Å²) < 4.78 is 11.6. The second-order valence-corrected chi connectivity index (χ2v) is 9.51. The fourth-order valence-electron chi connectivity index (χ4n) is 4.12. The maximum atomic E-state index is 12.9. The highest BCUT2D eigenvalue weighted by molar-refractivity contribution is 8.18. The lowest BCUT2D eigenvalue weighted by Crippen LogP contribution is -2.36. The van der Waals surface area contributed by atoms with Crippen LogP contribution in [0.2, 0.25) is 0 Å². The Kier molecular flexibility index (Phi) is 7.42. The van der Waals surface area contributed by atoms with E-state index in [0.717, 1.165) is 33.0 Å². The van der Waals surface area contributed by atoms with E-state index in [4.69, 9.17) is 9.47 Å². The van der Waals surface area contributed by atoms with E-state index >= 15 is 0 Å². The zero-order valence-electron chi connectivity index (χ0n) is 20.5. The van der Waals surface area contributed by atoms with Gasteiger partial charge < -0.3 is 14.8 Å². The summed E-state index contributed by atoms with van der Waals surface area (Å²) in [6.45, 7) is 0.00215. The molecule has 4 aromatic rings. The molecule has 4 aromatic carbocycles. The smallest absolute Gasteiger partial charge is 0.294 e. The third kappa shape index (κ3) is 5.55. The molecule has 3 amide bonds. The molecule has 0 saturated carbocycles. The second-order valence-electron chi connectivity index (χ2n) is 8.52. The number of carbonyl (C=O) groups excluding carboxylic acids is 3. The molecule has 7 nitrogen and oxygen atoms in total. The van der Waals surface area contributed by atoms with Crippen LogP contribution in [0.3, 0.4) is 0 Å². The van der Waals surface area contributed by atoms with Gasteiger partial charge in [0.2, 0.25) is 5.91 Å². The third-order valence-corrected chi connectivity index (χ3v) is 6.89. The molecule has 8 heteroatoms. The molecule has 0 aliphatic carbocycles. The average Bonchev–Trinajstić information content (AvgIpc) is 3.19. The van der Waals surface area contributed by atoms with Gasteiger partial charge in [-0.25, -0.2) is 0 Å². The van der Waals surface area contributed by atoms with Gasteiger partial charge in [0.25, 0.3) is 11.1 Å². The van der Waals surface area contributed by atoms with Crippen LogP contribution in [0.15, 0.2) is 95.9 Å². The summed E-state index contributed by atoms with van der Waals surface area (Å²) in [6, 6.07) is 28.4. The molecule has 0 radical (unpaired) electrons. The van der Waals surface area contributed by atoms with Crippen molar-refractivity contribution >= 4 is 51.4 Å². The van der Waals surface area contributed by atoms with Crippen molar-refractivity contribution in [2.24, 2.45) is 0 Å². The summed E-state index contributed by atoms with van der Waals surface area (Å²) in [5, 5.41) is 4.46. The first-order valence-corrected chi connectivity index (χ1v) is 12.7. The Morgan fingerprint density at radius 2 is 1.68 bits per heavy atom. The number of thioether (sulfide) groups is 1. The fourth-order valence-corrected chi connectivity index (χ4v) is 4.96. The Hall–Kier alpha value is -4.56. The van der Waals surface area contributed by atoms with E-state index in [1.165, 1.54) is 0 Å². The summed E-state index contributed by atoms with van der Waals surface area (Å²) in [4.78, 5) is 38.9. The van der Waals surface area contributed by atoms with Crippen LogP contribution in [0.1, 0.15) is 11.1 Å². The molecule has 0 bridgehead atoms. The maximum absolute atomic E-state index is 12.9. The van der Waals surface area contributed by atoms with E-state index in [0.29, 0.717) is 29.4 Å². The number of fused-ring (bicyclic) bond motifs is 1. The number of rotatable bonds is 8. The third-order valence-electron chi connectivity index (χ3n) is 5.98. The molecule has 0 aromatic heterocycles. The molecule has 190 valence electrons. The molecule has 0 unspecified atom stereocenters. The van der Waals surface area contributed by atoms with Gasteiger partial charge in [-0.15, -0.1) is 0 Å². The topological polar surface area (TPSA) is 84.9 Å². The first-order valence-electron chi connectivity index (χ1n) is 11.9. The van der Waals surface area contributed by atoms with Crippen LogP contribution in [0.5, 0.6) is 11.5 Å². The molecule has 1 heterocycles. The van der Waals surface area contributed by atoms with E-state index in [2.05, 4.69) is 23.5 Å². The number of para-hydroxylation sites is 1. The van der Waals surface area contributed by atoms with Crippen molar-refractivity contribution in [2.75, 3.05) is 19.0 Å². The summed E-state index contributed by atoms with van der Waals surface area (Å²) >= 11 is 0.798. The molecular weight excluding hydrogens is 500 g/mol. The monoisotopic (exact) mass is 524 g/mol. The van der Waals surface area contributed by atoms with Gasteiger partial charge in [-0.2, -0.15) is 0 Å². The fraction of sp³-hybridized carbons (Fsp3) is 0.100. The Morgan fingerprint density at radius 1 is 0.921 bits per heavy atom. The molecular formula is C30H24N2O5S. The van der Waals surface area contributed by atoms with Crippen molar-refractivity contribution in [3.8, 4) is 11.5 Å². The number of methoxy groups -OCH3 is 1. The lowest BCUT2D eigenvalue weighted by molar-refractivity contribution is -0.127. The lowest BCUT2D eigenvalue weighted by Gasteiger charge is -2.13. The van der Waals surface area contributed by atoms with E-state index in [9.17, 15) is 14.4 Å². The molecule has 1 N–H and O–H groups in total. The van der Waals surface area contributed by atoms with Crippen LogP contribution in [0.25, 0.3) is 16.8 Å². The number of anilines is 1. The lowest BCUT2D eigenvalue weighted by atomic mass is 10.1. The molecule has 1 aliphatic rings. The van der Waals surface area contributed by atoms with Gasteiger partial charge in [0, 0.05) is 5.69 Å². The SMILES string of the molecule is COc1cc(/C=C2\SC(=O)N(CC(=O)Nc3ccccc3)C2=O)ccc1OCc1cccc2ccccc12. The van der Waals surface area contributed by atoms with Crippen molar-refractivity contribution in [3.05, 3.63) is 107 Å². The Morgan fingerprint density at radius 3 is 2.50 bits per heavy atom. The number of nitrogens with zero attached hydrogens (tertiary/aromatic N) is 1. The number of benzene rings is 4. The number of nitrogens with one attached hydrogen (secondary N) is 1. The van der Waals surface area contributed by atoms with Gasteiger partial charge >= 0.3 is 0 Å². The molecule has 1 saturated heterocycles. The zero-order chi connectivity index (χ0) is 26.5. The maximum Gasteiger partial charge on any atom is 0.294 e. The highest BCUT2D eigenvalue weighted by Gasteiger charge is 2.36. The van der Waals surface area contributed by atoms with Crippen LogP contribution in [-0.2, 0) is 16.2 Å². The molecule has 1 aliphatic heterocycles. The van der Waals surface area contributed by atoms with Gasteiger partial charge in [-0.3, -0.25) is 19.3 Å². The van der Waals surface area contributed by atoms with Gasteiger partial charge in [-0.1, -0.05) is 66.7 Å².